The highest BCUT2D eigenvalue weighted by atomic mass is 35.5. The number of para-hydroxylation sites is 1. The Morgan fingerprint density at radius 1 is 1.00 bits per heavy atom. The predicted molar refractivity (Wildman–Crippen MR) is 109 cm³/mol. The molecule has 0 amide bonds. The van der Waals surface area contributed by atoms with Crippen LogP contribution in [0.5, 0.6) is 5.75 Å². The van der Waals surface area contributed by atoms with Crippen LogP contribution in [0, 0.1) is 6.92 Å². The Hall–Kier alpha value is -2.82. The van der Waals surface area contributed by atoms with Gasteiger partial charge in [0, 0.05) is 10.6 Å². The number of aryl methyl sites for hydroxylation is 1. The van der Waals surface area contributed by atoms with Gasteiger partial charge in [-0.2, -0.15) is 0 Å². The Balaban J connectivity index is 1.87. The standard InChI is InChI=1S/C23H21ClO4/c1-16-8-11-18(14-21(16)22(25)26-2)23(28-20-6-4-3-5-7-20)27-15-17-9-12-19(24)13-10-17/h3-14,23H,15H2,1-2H3. The van der Waals surface area contributed by atoms with Crippen LogP contribution in [-0.4, -0.2) is 13.1 Å². The minimum atomic E-state index is -0.693. The van der Waals surface area contributed by atoms with Crippen molar-refractivity contribution in [1.29, 1.82) is 0 Å². The van der Waals surface area contributed by atoms with Gasteiger partial charge in [0.1, 0.15) is 5.75 Å². The maximum absolute atomic E-state index is 12.1. The summed E-state index contributed by atoms with van der Waals surface area (Å²) in [5.74, 6) is 0.277. The first kappa shape index (κ1) is 19.9. The van der Waals surface area contributed by atoms with Crippen molar-refractivity contribution in [3.63, 3.8) is 0 Å². The molecule has 0 radical (unpaired) electrons. The average Bonchev–Trinajstić information content (AvgIpc) is 2.73. The normalized spacial score (nSPS) is 11.7. The summed E-state index contributed by atoms with van der Waals surface area (Å²) in [4.78, 5) is 12.1. The number of hydrogen-bond acceptors (Lipinski definition) is 4. The van der Waals surface area contributed by atoms with Crippen molar-refractivity contribution in [2.75, 3.05) is 7.11 Å². The van der Waals surface area contributed by atoms with Gasteiger partial charge in [-0.25, -0.2) is 4.79 Å². The SMILES string of the molecule is COC(=O)c1cc(C(OCc2ccc(Cl)cc2)Oc2ccccc2)ccc1C. The summed E-state index contributed by atoms with van der Waals surface area (Å²) in [6, 6.07) is 22.3. The Bertz CT molecular complexity index is 923. The quantitative estimate of drug-likeness (QED) is 0.378. The van der Waals surface area contributed by atoms with Crippen LogP contribution >= 0.6 is 11.6 Å². The van der Waals surface area contributed by atoms with Gasteiger partial charge in [-0.1, -0.05) is 54.1 Å². The van der Waals surface area contributed by atoms with Crippen molar-refractivity contribution in [2.45, 2.75) is 19.8 Å². The second-order valence-electron chi connectivity index (χ2n) is 6.27. The largest absolute Gasteiger partial charge is 0.465 e. The minimum absolute atomic E-state index is 0.329. The van der Waals surface area contributed by atoms with Crippen LogP contribution in [-0.2, 0) is 16.1 Å². The number of carbonyl (C=O) groups is 1. The lowest BCUT2D eigenvalue weighted by Gasteiger charge is -2.21. The van der Waals surface area contributed by atoms with Crippen LogP contribution in [0.1, 0.15) is 33.3 Å². The Kier molecular flexibility index (Phi) is 6.69. The number of esters is 1. The molecule has 0 aliphatic heterocycles. The molecule has 3 aromatic rings. The minimum Gasteiger partial charge on any atom is -0.465 e. The zero-order valence-electron chi connectivity index (χ0n) is 15.7. The highest BCUT2D eigenvalue weighted by Crippen LogP contribution is 2.26. The smallest absolute Gasteiger partial charge is 0.338 e. The van der Waals surface area contributed by atoms with E-state index in [9.17, 15) is 4.79 Å². The fraction of sp³-hybridized carbons (Fsp3) is 0.174. The average molecular weight is 397 g/mol. The molecule has 28 heavy (non-hydrogen) atoms. The van der Waals surface area contributed by atoms with Crippen molar-refractivity contribution in [3.8, 4) is 5.75 Å². The van der Waals surface area contributed by atoms with Crippen LogP contribution in [0.4, 0.5) is 0 Å². The predicted octanol–water partition coefficient (Wildman–Crippen LogP) is 5.73. The number of benzene rings is 3. The molecule has 3 aromatic carbocycles. The molecule has 0 heterocycles. The van der Waals surface area contributed by atoms with Crippen LogP contribution < -0.4 is 4.74 Å². The van der Waals surface area contributed by atoms with E-state index in [4.69, 9.17) is 25.8 Å². The molecule has 0 spiro atoms. The monoisotopic (exact) mass is 396 g/mol. The summed E-state index contributed by atoms with van der Waals surface area (Å²) < 4.78 is 17.0. The molecule has 1 unspecified atom stereocenters. The first-order valence-corrected chi connectivity index (χ1v) is 9.21. The van der Waals surface area contributed by atoms with Gasteiger partial charge in [-0.3, -0.25) is 0 Å². The number of ether oxygens (including phenoxy) is 3. The molecule has 0 bridgehead atoms. The van der Waals surface area contributed by atoms with Gasteiger partial charge in [0.25, 0.3) is 0 Å². The zero-order valence-corrected chi connectivity index (χ0v) is 16.5. The van der Waals surface area contributed by atoms with E-state index in [1.165, 1.54) is 7.11 Å². The summed E-state index contributed by atoms with van der Waals surface area (Å²) in [6.07, 6.45) is -0.693. The van der Waals surface area contributed by atoms with Crippen molar-refractivity contribution in [1.82, 2.24) is 0 Å². The second-order valence-corrected chi connectivity index (χ2v) is 6.70. The first-order chi connectivity index (χ1) is 13.6. The molecule has 1 atom stereocenters. The van der Waals surface area contributed by atoms with Crippen LogP contribution in [0.25, 0.3) is 0 Å². The molecule has 4 nitrogen and oxygen atoms in total. The first-order valence-electron chi connectivity index (χ1n) is 8.83. The molecular weight excluding hydrogens is 376 g/mol. The van der Waals surface area contributed by atoms with E-state index in [-0.39, 0.29) is 0 Å². The maximum Gasteiger partial charge on any atom is 0.338 e. The van der Waals surface area contributed by atoms with Crippen LogP contribution in [0.3, 0.4) is 0 Å². The van der Waals surface area contributed by atoms with E-state index < -0.39 is 12.3 Å². The van der Waals surface area contributed by atoms with E-state index in [0.717, 1.165) is 16.7 Å². The van der Waals surface area contributed by atoms with Gasteiger partial charge in [0.2, 0.25) is 6.29 Å². The number of rotatable bonds is 7. The molecule has 0 aliphatic carbocycles. The molecule has 5 heteroatoms. The van der Waals surface area contributed by atoms with E-state index in [1.807, 2.05) is 73.7 Å². The van der Waals surface area contributed by atoms with Crippen molar-refractivity contribution < 1.29 is 19.0 Å². The zero-order chi connectivity index (χ0) is 19.9. The number of halogens is 1. The lowest BCUT2D eigenvalue weighted by Crippen LogP contribution is -2.14. The Morgan fingerprint density at radius 2 is 1.71 bits per heavy atom. The summed E-state index contributed by atoms with van der Waals surface area (Å²) in [5, 5.41) is 0.669. The summed E-state index contributed by atoms with van der Waals surface area (Å²) in [6.45, 7) is 2.19. The van der Waals surface area contributed by atoms with Gasteiger partial charge in [-0.15, -0.1) is 0 Å². The molecule has 144 valence electrons. The fourth-order valence-electron chi connectivity index (χ4n) is 2.69. The molecule has 3 rings (SSSR count). The topological polar surface area (TPSA) is 44.8 Å². The number of hydrogen-bond donors (Lipinski definition) is 0. The lowest BCUT2D eigenvalue weighted by atomic mass is 10.0. The summed E-state index contributed by atoms with van der Waals surface area (Å²) >= 11 is 5.94. The molecule has 0 saturated carbocycles. The Labute approximate surface area is 169 Å². The molecule has 0 N–H and O–H groups in total. The van der Waals surface area contributed by atoms with Gasteiger partial charge < -0.3 is 14.2 Å². The second kappa shape index (κ2) is 9.40. The van der Waals surface area contributed by atoms with Crippen molar-refractivity contribution >= 4 is 17.6 Å². The summed E-state index contributed by atoms with van der Waals surface area (Å²) in [5.41, 5.74) is 3.00. The van der Waals surface area contributed by atoms with E-state index in [2.05, 4.69) is 0 Å². The third-order valence-corrected chi connectivity index (χ3v) is 4.49. The van der Waals surface area contributed by atoms with Gasteiger partial charge in [0.15, 0.2) is 0 Å². The number of carbonyl (C=O) groups excluding carboxylic acids is 1. The van der Waals surface area contributed by atoms with E-state index in [0.29, 0.717) is 22.9 Å². The molecule has 0 aromatic heterocycles. The number of methoxy groups -OCH3 is 1. The molecular formula is C23H21ClO4. The molecule has 0 aliphatic rings. The molecule has 0 fully saturated rings. The van der Waals surface area contributed by atoms with E-state index in [1.54, 1.807) is 6.07 Å². The Morgan fingerprint density at radius 3 is 2.39 bits per heavy atom. The summed E-state index contributed by atoms with van der Waals surface area (Å²) in [7, 11) is 1.36. The highest BCUT2D eigenvalue weighted by Gasteiger charge is 2.18. The van der Waals surface area contributed by atoms with Gasteiger partial charge in [-0.05, 0) is 48.4 Å². The third kappa shape index (κ3) is 5.12. The highest BCUT2D eigenvalue weighted by molar-refractivity contribution is 6.30. The third-order valence-electron chi connectivity index (χ3n) is 4.24. The maximum atomic E-state index is 12.1. The van der Waals surface area contributed by atoms with Crippen LogP contribution in [0.2, 0.25) is 5.02 Å². The lowest BCUT2D eigenvalue weighted by molar-refractivity contribution is -0.0929. The molecule has 0 saturated heterocycles. The van der Waals surface area contributed by atoms with Crippen LogP contribution in [0.15, 0.2) is 72.8 Å². The fourth-order valence-corrected chi connectivity index (χ4v) is 2.82. The van der Waals surface area contributed by atoms with Gasteiger partial charge in [0.05, 0.1) is 19.3 Å². The van der Waals surface area contributed by atoms with Gasteiger partial charge >= 0.3 is 5.97 Å². The van der Waals surface area contributed by atoms with Crippen molar-refractivity contribution in [2.24, 2.45) is 0 Å². The van der Waals surface area contributed by atoms with Crippen molar-refractivity contribution in [3.05, 3.63) is 100 Å². The van der Waals surface area contributed by atoms with E-state index >= 15 is 0 Å².